The number of rotatable bonds is 15. The predicted octanol–water partition coefficient (Wildman–Crippen LogP) is -3.39. The van der Waals surface area contributed by atoms with Crippen LogP contribution in [0.4, 0.5) is 4.79 Å². The summed E-state index contributed by atoms with van der Waals surface area (Å²) in [4.78, 5) is 26.4. The summed E-state index contributed by atoms with van der Waals surface area (Å²) in [6.07, 6.45) is 3.36. The molecule has 1 aromatic carbocycles. The molecule has 4 unspecified atom stereocenters. The van der Waals surface area contributed by atoms with E-state index in [2.05, 4.69) is 104 Å². The molecule has 2 rings (SSSR count). The summed E-state index contributed by atoms with van der Waals surface area (Å²) < 4.78 is 31.7. The lowest BCUT2D eigenvalue weighted by Crippen LogP contribution is -2.57. The van der Waals surface area contributed by atoms with Crippen molar-refractivity contribution in [1.29, 1.82) is 0 Å². The molecule has 0 aromatic heterocycles. The second-order valence-electron chi connectivity index (χ2n) is 17.9. The smallest absolute Gasteiger partial charge is 0.424 e. The van der Waals surface area contributed by atoms with Gasteiger partial charge in [0.2, 0.25) is 0 Å². The molecule has 0 saturated carbocycles. The van der Waals surface area contributed by atoms with E-state index in [1.807, 2.05) is 19.9 Å². The summed E-state index contributed by atoms with van der Waals surface area (Å²) in [5.74, 6) is -1.03. The number of nitrogens with one attached hydrogen (secondary N) is 1. The molecule has 0 spiro atoms. The summed E-state index contributed by atoms with van der Waals surface area (Å²) in [6.45, 7) is 14.7. The first kappa shape index (κ1) is 44.3. The average molecular weight is 694 g/mol. The lowest BCUT2D eigenvalue weighted by atomic mass is 9.05. The fourth-order valence-corrected chi connectivity index (χ4v) is 8.83. The van der Waals surface area contributed by atoms with Gasteiger partial charge in [0.05, 0.1) is 83.3 Å². The maximum Gasteiger partial charge on any atom is 0.424 e. The number of benzene rings is 1. The molecular weight excluding hydrogens is 636 g/mol. The van der Waals surface area contributed by atoms with E-state index in [1.165, 1.54) is 6.92 Å². The van der Waals surface area contributed by atoms with Gasteiger partial charge in [0, 0.05) is 11.5 Å². The molecule has 0 aliphatic heterocycles. The van der Waals surface area contributed by atoms with Crippen LogP contribution < -0.4 is 9.61 Å². The highest BCUT2D eigenvalue weighted by atomic mass is 31.2. The zero-order valence-corrected chi connectivity index (χ0v) is 35.1. The first-order valence-corrected chi connectivity index (χ1v) is 19.8. The summed E-state index contributed by atoms with van der Waals surface area (Å²) in [5, 5.41) is 13.4. The molecule has 0 bridgehead atoms. The van der Waals surface area contributed by atoms with E-state index >= 15 is 0 Å². The molecule has 0 radical (unpaired) electrons. The van der Waals surface area contributed by atoms with Crippen LogP contribution in [0.15, 0.2) is 35.9 Å². The Morgan fingerprint density at radius 2 is 1.56 bits per heavy atom. The van der Waals surface area contributed by atoms with Crippen molar-refractivity contribution in [2.24, 2.45) is 5.92 Å². The Bertz CT molecular complexity index is 1540. The van der Waals surface area contributed by atoms with Gasteiger partial charge in [-0.25, -0.2) is 14.4 Å². The van der Waals surface area contributed by atoms with E-state index < -0.39 is 36.6 Å². The number of allylic oxidation sites excluding steroid dienone is 3. The molecule has 0 amide bonds. The molecule has 0 heterocycles. The first-order valence-electron chi connectivity index (χ1n) is 18.2. The van der Waals surface area contributed by atoms with E-state index in [4.69, 9.17) is 14.0 Å². The lowest BCUT2D eigenvalue weighted by Gasteiger charge is -2.65. The average Bonchev–Trinajstić information content (AvgIpc) is 2.95. The molecule has 0 fully saturated rings. The van der Waals surface area contributed by atoms with E-state index in [-0.39, 0.29) is 50.7 Å². The molecule has 1 aliphatic carbocycles. The van der Waals surface area contributed by atoms with Gasteiger partial charge in [-0.05, 0) is 72.4 Å². The van der Waals surface area contributed by atoms with Crippen molar-refractivity contribution < 1.29 is 33.3 Å². The van der Waals surface area contributed by atoms with Gasteiger partial charge in [0.1, 0.15) is 33.2 Å². The topological polar surface area (TPSA) is 111 Å². The van der Waals surface area contributed by atoms with Gasteiger partial charge in [0.15, 0.2) is 0 Å². The monoisotopic (exact) mass is 695 g/mol. The lowest BCUT2D eigenvalue weighted by molar-refractivity contribution is -0.149. The predicted molar refractivity (Wildman–Crippen MR) is 238 cm³/mol. The molecule has 1 aliphatic rings. The standard InChI is InChI=1S/C30H57B11NO7P/c1-8-47-25(45)50(46,42-17(7)24(44)48-15(4)5)49-22-13-18(12-21(43)23(22)20-11-16(6)9-10-19(20)14(2)3)26(31,32)27(33,34)28(35,36)29(37,38)30(39,40)41/h11-13,15,17,19-20,43H,2,8-10,31-41H2,1,3-7H3,(H,42,46). The third-order valence-electron chi connectivity index (χ3n) is 12.9. The Labute approximate surface area is 312 Å². The third kappa shape index (κ3) is 8.67. The van der Waals surface area contributed by atoms with Crippen molar-refractivity contribution in [3.05, 3.63) is 47.1 Å². The minimum Gasteiger partial charge on any atom is -0.507 e. The second-order valence-corrected chi connectivity index (χ2v) is 19.8. The van der Waals surface area contributed by atoms with Gasteiger partial charge in [-0.2, -0.15) is 0 Å². The highest BCUT2D eigenvalue weighted by molar-refractivity contribution is 7.74. The fraction of sp³-hybridized carbons (Fsp3) is 0.600. The molecule has 262 valence electrons. The van der Waals surface area contributed by atoms with Crippen molar-refractivity contribution in [1.82, 2.24) is 5.09 Å². The molecule has 0 saturated heterocycles. The van der Waals surface area contributed by atoms with Gasteiger partial charge >= 0.3 is 19.2 Å². The maximum atomic E-state index is 14.7. The zero-order valence-electron chi connectivity index (χ0n) is 34.2. The zero-order chi connectivity index (χ0) is 39.0. The van der Waals surface area contributed by atoms with Gasteiger partial charge in [0.25, 0.3) is 0 Å². The SMILES string of the molecule is BC(B)(B)C(B)(B)C(B)(B)C(B)(B)C(B)(B)c1cc(O)c(C2C=C(C)CCC2C(=C)C)c(OP(=O)(NC(C)C(=O)OC(C)C)C(=O)OCC)c1. The van der Waals surface area contributed by atoms with E-state index in [0.29, 0.717) is 5.56 Å². The molecule has 1 aromatic rings. The maximum absolute atomic E-state index is 14.7. The van der Waals surface area contributed by atoms with E-state index in [9.17, 15) is 19.3 Å². The number of carbonyl (C=O) groups excluding carboxylic acids is 2. The number of esters is 1. The molecule has 50 heavy (non-hydrogen) atoms. The van der Waals surface area contributed by atoms with E-state index in [0.717, 1.165) is 29.6 Å². The second kappa shape index (κ2) is 15.6. The fourth-order valence-electron chi connectivity index (χ4n) is 7.26. The summed E-state index contributed by atoms with van der Waals surface area (Å²) >= 11 is 0. The number of phenolic OH excluding ortho intramolecular Hbond substituents is 1. The van der Waals surface area contributed by atoms with Crippen LogP contribution in [-0.4, -0.2) is 122 Å². The van der Waals surface area contributed by atoms with Crippen molar-refractivity contribution in [2.45, 2.75) is 98.4 Å². The number of hydrogen-bond donors (Lipinski definition) is 2. The largest absolute Gasteiger partial charge is 0.507 e. The van der Waals surface area contributed by atoms with Gasteiger partial charge < -0.3 is 19.1 Å². The third-order valence-corrected chi connectivity index (χ3v) is 14.7. The Kier molecular flexibility index (Phi) is 13.8. The van der Waals surface area contributed by atoms with Crippen molar-refractivity contribution in [3.8, 4) is 11.5 Å². The van der Waals surface area contributed by atoms with Crippen LogP contribution in [0.5, 0.6) is 11.5 Å². The van der Waals surface area contributed by atoms with Gasteiger partial charge in [-0.15, -0.1) is 15.5 Å². The molecular formula is C30H57B11NO7P. The molecule has 2 N–H and O–H groups in total. The van der Waals surface area contributed by atoms with Crippen LogP contribution in [0.25, 0.3) is 0 Å². The van der Waals surface area contributed by atoms with Crippen LogP contribution in [0.2, 0.25) is 20.8 Å². The van der Waals surface area contributed by atoms with Crippen LogP contribution in [0, 0.1) is 5.92 Å². The highest BCUT2D eigenvalue weighted by Gasteiger charge is 2.56. The van der Waals surface area contributed by atoms with Crippen LogP contribution in [0.3, 0.4) is 0 Å². The van der Waals surface area contributed by atoms with Crippen LogP contribution >= 0.6 is 7.52 Å². The Balaban J connectivity index is 2.99. The number of aromatic hydroxyl groups is 1. The first-order chi connectivity index (χ1) is 22.5. The Morgan fingerprint density at radius 1 is 1.00 bits per heavy atom. The van der Waals surface area contributed by atoms with Gasteiger partial charge in [-0.1, -0.05) is 39.8 Å². The van der Waals surface area contributed by atoms with Crippen molar-refractivity contribution in [2.75, 3.05) is 6.61 Å². The minimum atomic E-state index is -4.62. The van der Waals surface area contributed by atoms with Crippen LogP contribution in [-0.2, 0) is 24.0 Å². The summed E-state index contributed by atoms with van der Waals surface area (Å²) in [5.41, 5.74) is 2.12. The van der Waals surface area contributed by atoms with Crippen LogP contribution in [0.1, 0.15) is 71.4 Å². The number of carbonyl (C=O) groups is 2. The van der Waals surface area contributed by atoms with Gasteiger partial charge in [-0.3, -0.25) is 4.79 Å². The van der Waals surface area contributed by atoms with Crippen molar-refractivity contribution in [3.63, 3.8) is 0 Å². The molecule has 8 nitrogen and oxygen atoms in total. The summed E-state index contributed by atoms with van der Waals surface area (Å²) in [7, 11) is 20.2. The number of ether oxygens (including phenoxy) is 2. The van der Waals surface area contributed by atoms with E-state index in [1.54, 1.807) is 26.8 Å². The van der Waals surface area contributed by atoms with Crippen molar-refractivity contribution >= 4 is 106 Å². The summed E-state index contributed by atoms with van der Waals surface area (Å²) in [6, 6.07) is 2.45. The number of hydrogen-bond acceptors (Lipinski definition) is 7. The number of phenols is 1. The minimum absolute atomic E-state index is 0.0286. The Hall–Kier alpha value is -1.86. The normalized spacial score (nSPS) is 19.5. The highest BCUT2D eigenvalue weighted by Crippen LogP contribution is 2.67. The quantitative estimate of drug-likeness (QED) is 0.0848. The Morgan fingerprint density at radius 3 is 2.04 bits per heavy atom. The molecule has 20 heteroatoms. The molecule has 4 atom stereocenters.